The van der Waals surface area contributed by atoms with E-state index in [0.717, 1.165) is 41.9 Å². The maximum Gasteiger partial charge on any atom is 0.264 e. The SMILES string of the molecule is COc1ccc([C@@H]2[C@H]3CCCC[C@@]3(O)CCN2C(=O)c2cccs2)cc1. The largest absolute Gasteiger partial charge is 0.497 e. The van der Waals surface area contributed by atoms with E-state index in [1.165, 1.54) is 11.3 Å². The van der Waals surface area contributed by atoms with Crippen LogP contribution >= 0.6 is 11.3 Å². The fraction of sp³-hybridized carbons (Fsp3) is 0.476. The van der Waals surface area contributed by atoms with Crippen molar-refractivity contribution < 1.29 is 14.6 Å². The monoisotopic (exact) mass is 371 g/mol. The number of methoxy groups -OCH3 is 1. The predicted octanol–water partition coefficient (Wildman–Crippen LogP) is 4.27. The molecule has 2 aromatic rings. The molecule has 1 amide bonds. The highest BCUT2D eigenvalue weighted by molar-refractivity contribution is 7.12. The summed E-state index contributed by atoms with van der Waals surface area (Å²) in [5, 5.41) is 13.2. The number of fused-ring (bicyclic) bond motifs is 1. The van der Waals surface area contributed by atoms with Crippen LogP contribution in [0.2, 0.25) is 0 Å². The van der Waals surface area contributed by atoms with Gasteiger partial charge in [-0.25, -0.2) is 0 Å². The van der Waals surface area contributed by atoms with Crippen LogP contribution in [0, 0.1) is 5.92 Å². The van der Waals surface area contributed by atoms with Gasteiger partial charge in [0.25, 0.3) is 5.91 Å². The number of nitrogens with zero attached hydrogens (tertiary/aromatic N) is 1. The number of carbonyl (C=O) groups is 1. The smallest absolute Gasteiger partial charge is 0.264 e. The Morgan fingerprint density at radius 1 is 1.23 bits per heavy atom. The summed E-state index contributed by atoms with van der Waals surface area (Å²) >= 11 is 1.48. The Labute approximate surface area is 158 Å². The minimum Gasteiger partial charge on any atom is -0.497 e. The standard InChI is InChI=1S/C21H25NO3S/c1-25-16-9-7-15(8-10-16)19-17-5-2-3-11-21(17,24)12-13-22(19)20(23)18-6-4-14-26-18/h4,6-10,14,17,19,24H,2-3,5,11-13H2,1H3/t17-,19-,21-/m1/s1. The molecule has 2 heterocycles. The van der Waals surface area contributed by atoms with Crippen LogP contribution in [0.15, 0.2) is 41.8 Å². The molecule has 4 nitrogen and oxygen atoms in total. The minimum atomic E-state index is -0.658. The predicted molar refractivity (Wildman–Crippen MR) is 103 cm³/mol. The lowest BCUT2D eigenvalue weighted by molar-refractivity contribution is -0.114. The van der Waals surface area contributed by atoms with E-state index in [4.69, 9.17) is 4.74 Å². The number of piperidine rings is 1. The van der Waals surface area contributed by atoms with E-state index < -0.39 is 5.60 Å². The van der Waals surface area contributed by atoms with Crippen molar-refractivity contribution in [3.05, 3.63) is 52.2 Å². The zero-order chi connectivity index (χ0) is 18.1. The first-order valence-corrected chi connectivity index (χ1v) is 10.2. The molecule has 3 atom stereocenters. The van der Waals surface area contributed by atoms with Gasteiger partial charge in [0.05, 0.1) is 23.6 Å². The third-order valence-electron chi connectivity index (χ3n) is 6.02. The molecule has 1 aliphatic carbocycles. The number of amides is 1. The Hall–Kier alpha value is -1.85. The van der Waals surface area contributed by atoms with Gasteiger partial charge in [-0.3, -0.25) is 4.79 Å². The molecule has 26 heavy (non-hydrogen) atoms. The molecular formula is C21H25NO3S. The molecule has 1 saturated heterocycles. The molecule has 1 saturated carbocycles. The van der Waals surface area contributed by atoms with E-state index in [0.29, 0.717) is 13.0 Å². The van der Waals surface area contributed by atoms with E-state index >= 15 is 0 Å². The first kappa shape index (κ1) is 17.6. The Kier molecular flexibility index (Phi) is 4.76. The quantitative estimate of drug-likeness (QED) is 0.877. The summed E-state index contributed by atoms with van der Waals surface area (Å²) in [5.74, 6) is 0.968. The summed E-state index contributed by atoms with van der Waals surface area (Å²) in [6.07, 6.45) is 4.65. The van der Waals surface area contributed by atoms with Gasteiger partial charge in [0.2, 0.25) is 0 Å². The van der Waals surface area contributed by atoms with Crippen molar-refractivity contribution in [2.24, 2.45) is 5.92 Å². The number of aliphatic hydroxyl groups is 1. The van der Waals surface area contributed by atoms with E-state index in [1.54, 1.807) is 7.11 Å². The highest BCUT2D eigenvalue weighted by Gasteiger charge is 2.50. The van der Waals surface area contributed by atoms with Gasteiger partial charge in [-0.15, -0.1) is 11.3 Å². The first-order chi connectivity index (χ1) is 12.6. The second kappa shape index (κ2) is 7.05. The number of ether oxygens (including phenoxy) is 1. The number of hydrogen-bond acceptors (Lipinski definition) is 4. The number of carbonyl (C=O) groups excluding carboxylic acids is 1. The van der Waals surface area contributed by atoms with Gasteiger partial charge < -0.3 is 14.7 Å². The highest BCUT2D eigenvalue weighted by atomic mass is 32.1. The molecule has 0 bridgehead atoms. The first-order valence-electron chi connectivity index (χ1n) is 9.33. The van der Waals surface area contributed by atoms with Crippen molar-refractivity contribution in [1.29, 1.82) is 0 Å². The van der Waals surface area contributed by atoms with Crippen molar-refractivity contribution in [3.8, 4) is 5.75 Å². The number of hydrogen-bond donors (Lipinski definition) is 1. The van der Waals surface area contributed by atoms with Crippen LogP contribution in [-0.2, 0) is 0 Å². The molecule has 4 rings (SSSR count). The van der Waals surface area contributed by atoms with Crippen LogP contribution in [-0.4, -0.2) is 35.2 Å². The van der Waals surface area contributed by atoms with Crippen LogP contribution in [0.25, 0.3) is 0 Å². The summed E-state index contributed by atoms with van der Waals surface area (Å²) in [4.78, 5) is 15.9. The molecular weight excluding hydrogens is 346 g/mol. The fourth-order valence-corrected chi connectivity index (χ4v) is 5.34. The van der Waals surface area contributed by atoms with Crippen LogP contribution in [0.1, 0.15) is 53.4 Å². The van der Waals surface area contributed by atoms with E-state index in [-0.39, 0.29) is 17.9 Å². The zero-order valence-electron chi connectivity index (χ0n) is 15.1. The molecule has 1 aromatic carbocycles. The van der Waals surface area contributed by atoms with E-state index in [1.807, 2.05) is 46.7 Å². The van der Waals surface area contributed by atoms with Gasteiger partial charge in [-0.1, -0.05) is 31.0 Å². The van der Waals surface area contributed by atoms with Crippen LogP contribution < -0.4 is 4.74 Å². The van der Waals surface area contributed by atoms with Crippen LogP contribution in [0.5, 0.6) is 5.75 Å². The van der Waals surface area contributed by atoms with Crippen molar-refractivity contribution in [2.75, 3.05) is 13.7 Å². The molecule has 0 radical (unpaired) electrons. The molecule has 1 aliphatic heterocycles. The Balaban J connectivity index is 1.73. The highest BCUT2D eigenvalue weighted by Crippen LogP contribution is 2.49. The Bertz CT molecular complexity index is 758. The van der Waals surface area contributed by atoms with Gasteiger partial charge in [0.1, 0.15) is 5.75 Å². The Morgan fingerprint density at radius 2 is 2.04 bits per heavy atom. The lowest BCUT2D eigenvalue weighted by Gasteiger charge is -2.52. The third-order valence-corrected chi connectivity index (χ3v) is 6.88. The lowest BCUT2D eigenvalue weighted by Crippen LogP contribution is -2.56. The summed E-state index contributed by atoms with van der Waals surface area (Å²) in [5.41, 5.74) is 0.426. The molecule has 1 aromatic heterocycles. The number of benzene rings is 1. The van der Waals surface area contributed by atoms with Gasteiger partial charge in [-0.2, -0.15) is 0 Å². The van der Waals surface area contributed by atoms with Gasteiger partial charge in [0, 0.05) is 12.5 Å². The molecule has 2 aliphatic rings. The van der Waals surface area contributed by atoms with Gasteiger partial charge in [0.15, 0.2) is 0 Å². The number of thiophene rings is 1. The van der Waals surface area contributed by atoms with Crippen molar-refractivity contribution in [3.63, 3.8) is 0 Å². The van der Waals surface area contributed by atoms with Crippen molar-refractivity contribution in [1.82, 2.24) is 4.90 Å². The maximum atomic E-state index is 13.2. The second-order valence-electron chi connectivity index (χ2n) is 7.40. The summed E-state index contributed by atoms with van der Waals surface area (Å²) in [6.45, 7) is 0.598. The topological polar surface area (TPSA) is 49.8 Å². The average molecular weight is 372 g/mol. The average Bonchev–Trinajstić information content (AvgIpc) is 3.21. The normalized spacial score (nSPS) is 28.5. The molecule has 0 unspecified atom stereocenters. The fourth-order valence-electron chi connectivity index (χ4n) is 4.66. The van der Waals surface area contributed by atoms with Crippen molar-refractivity contribution >= 4 is 17.2 Å². The van der Waals surface area contributed by atoms with Crippen LogP contribution in [0.4, 0.5) is 0 Å². The van der Waals surface area contributed by atoms with E-state index in [2.05, 4.69) is 0 Å². The maximum absolute atomic E-state index is 13.2. The molecule has 138 valence electrons. The molecule has 0 spiro atoms. The zero-order valence-corrected chi connectivity index (χ0v) is 15.9. The summed E-state index contributed by atoms with van der Waals surface area (Å²) < 4.78 is 5.29. The van der Waals surface area contributed by atoms with Crippen molar-refractivity contribution in [2.45, 2.75) is 43.7 Å². The molecule has 2 fully saturated rings. The lowest BCUT2D eigenvalue weighted by atomic mass is 9.66. The second-order valence-corrected chi connectivity index (χ2v) is 8.35. The molecule has 1 N–H and O–H groups in total. The summed E-state index contributed by atoms with van der Waals surface area (Å²) in [7, 11) is 1.65. The van der Waals surface area contributed by atoms with E-state index in [9.17, 15) is 9.90 Å². The van der Waals surface area contributed by atoms with Gasteiger partial charge in [-0.05, 0) is 48.4 Å². The number of likely N-dealkylation sites (tertiary alicyclic amines) is 1. The summed E-state index contributed by atoms with van der Waals surface area (Å²) in [6, 6.07) is 11.7. The minimum absolute atomic E-state index is 0.0773. The van der Waals surface area contributed by atoms with Gasteiger partial charge >= 0.3 is 0 Å². The van der Waals surface area contributed by atoms with Crippen LogP contribution in [0.3, 0.4) is 0 Å². The Morgan fingerprint density at radius 3 is 2.73 bits per heavy atom. The molecule has 5 heteroatoms. The third kappa shape index (κ3) is 3.03. The number of rotatable bonds is 3.